The van der Waals surface area contributed by atoms with Crippen molar-refractivity contribution in [2.24, 2.45) is 16.7 Å². The normalized spacial score (nSPS) is 26.9. The Morgan fingerprint density at radius 3 is 1.59 bits per heavy atom. The lowest BCUT2D eigenvalue weighted by Crippen LogP contribution is -2.56. The molecule has 2 nitrogen and oxygen atoms in total. The first-order chi connectivity index (χ1) is 30.5. The molecule has 0 bridgehead atoms. The zero-order chi connectivity index (χ0) is 47.4. The Bertz CT molecular complexity index is 2810. The molecule has 4 aromatic rings. The highest BCUT2D eigenvalue weighted by Crippen LogP contribution is 2.66. The fourth-order valence-electron chi connectivity index (χ4n) is 15.0. The minimum absolute atomic E-state index is 0.0939. The number of fused-ring (bicyclic) bond motifs is 8. The van der Waals surface area contributed by atoms with Crippen LogP contribution in [0.5, 0.6) is 0 Å². The van der Waals surface area contributed by atoms with Crippen molar-refractivity contribution in [3.8, 4) is 0 Å². The smallest absolute Gasteiger partial charge is 0.259 e. The van der Waals surface area contributed by atoms with Crippen molar-refractivity contribution in [3.63, 3.8) is 0 Å². The predicted molar refractivity (Wildman–Crippen MR) is 289 cm³/mol. The Labute approximate surface area is 405 Å². The molecule has 3 heterocycles. The second-order valence-electron chi connectivity index (χ2n) is 28.2. The molecular weight excluding hydrogens is 816 g/mol. The van der Waals surface area contributed by atoms with Gasteiger partial charge in [-0.25, -0.2) is 0 Å². The third-order valence-electron chi connectivity index (χ3n) is 19.8. The lowest BCUT2D eigenvalue weighted by atomic mass is 9.35. The van der Waals surface area contributed by atoms with E-state index in [9.17, 15) is 0 Å². The van der Waals surface area contributed by atoms with Crippen molar-refractivity contribution in [2.45, 2.75) is 214 Å². The summed E-state index contributed by atoms with van der Waals surface area (Å²) < 4.78 is 0. The molecule has 1 saturated carbocycles. The average molecular weight is 897 g/mol. The molecule has 0 N–H and O–H groups in total. The van der Waals surface area contributed by atoms with Gasteiger partial charge in [-0.1, -0.05) is 129 Å². The van der Waals surface area contributed by atoms with Crippen LogP contribution in [0.25, 0.3) is 0 Å². The lowest BCUT2D eigenvalue weighted by Gasteiger charge is -2.52. The van der Waals surface area contributed by atoms with Crippen LogP contribution in [0.15, 0.2) is 65.1 Å². The van der Waals surface area contributed by atoms with Crippen LogP contribution in [-0.2, 0) is 32.5 Å². The molecule has 4 aromatic carbocycles. The van der Waals surface area contributed by atoms with E-state index in [0.717, 1.165) is 0 Å². The monoisotopic (exact) mass is 897 g/mol. The SMILES string of the molecule is Cc1cc2c3c(c1)N(c1ccc4c(c1)C(C)(C)CCC4(C)C)c1cc4c(cc1B3C1=C(C3C(S1)C(C)(C)CCC3(C)C)N2c1ccc2c(c1C)C(C)(C)CCC2(C)C)C(C)(C)CCC4(C)C. The van der Waals surface area contributed by atoms with Crippen LogP contribution < -0.4 is 20.7 Å². The van der Waals surface area contributed by atoms with Gasteiger partial charge in [-0.05, 0) is 205 Å². The van der Waals surface area contributed by atoms with Crippen molar-refractivity contribution < 1.29 is 0 Å². The third kappa shape index (κ3) is 6.19. The number of benzene rings is 4. The quantitative estimate of drug-likeness (QED) is 0.185. The number of thioether (sulfide) groups is 1. The van der Waals surface area contributed by atoms with Gasteiger partial charge in [-0.3, -0.25) is 0 Å². The third-order valence-corrected chi connectivity index (χ3v) is 21.7. The number of nitrogens with zero attached hydrogens (tertiary/aromatic N) is 2. The lowest BCUT2D eigenvalue weighted by molar-refractivity contribution is 0.0881. The average Bonchev–Trinajstić information content (AvgIpc) is 3.65. The molecule has 2 unspecified atom stereocenters. The molecule has 4 heteroatoms. The summed E-state index contributed by atoms with van der Waals surface area (Å²) in [6.07, 6.45) is 9.81. The van der Waals surface area contributed by atoms with Crippen LogP contribution in [0.4, 0.5) is 28.4 Å². The van der Waals surface area contributed by atoms with Gasteiger partial charge in [0.1, 0.15) is 0 Å². The van der Waals surface area contributed by atoms with Crippen molar-refractivity contribution in [3.05, 3.63) is 110 Å². The first-order valence-corrected chi connectivity index (χ1v) is 27.0. The molecule has 2 atom stereocenters. The van der Waals surface area contributed by atoms with Crippen LogP contribution in [0, 0.1) is 30.6 Å². The standard InChI is InChI=1S/C62H81BN2S/c1-36-31-47-51-48(32-36)65(45-22-21-40-49(37(45)2)60(13,14)28-27-56(40,5)6)52-50-53(62(17,18)30-29-61(50,15)16)66-54(52)63(51)44-34-42-43(59(11,12)26-25-58(42,9)10)35-46(44)64(47)38-19-20-39-41(33-38)57(7,8)24-23-55(39,3)4/h19-22,31-35,50,53H,23-30H2,1-18H3. The molecule has 4 aliphatic carbocycles. The summed E-state index contributed by atoms with van der Waals surface area (Å²) in [6.45, 7) is 45.5. The number of allylic oxidation sites excluding steroid dienone is 1. The van der Waals surface area contributed by atoms with Gasteiger partial charge in [0.15, 0.2) is 0 Å². The number of anilines is 5. The van der Waals surface area contributed by atoms with E-state index in [2.05, 4.69) is 201 Å². The number of hydrogen-bond donors (Lipinski definition) is 0. The van der Waals surface area contributed by atoms with Gasteiger partial charge < -0.3 is 9.80 Å². The van der Waals surface area contributed by atoms with E-state index in [1.54, 1.807) is 32.8 Å². The summed E-state index contributed by atoms with van der Waals surface area (Å²) in [5.41, 5.74) is 24.8. The van der Waals surface area contributed by atoms with Crippen molar-refractivity contribution >= 4 is 57.8 Å². The molecule has 66 heavy (non-hydrogen) atoms. The second kappa shape index (κ2) is 13.7. The van der Waals surface area contributed by atoms with Gasteiger partial charge >= 0.3 is 0 Å². The van der Waals surface area contributed by atoms with E-state index in [0.29, 0.717) is 11.2 Å². The summed E-state index contributed by atoms with van der Waals surface area (Å²) in [5, 5.41) is 0.502. The van der Waals surface area contributed by atoms with E-state index < -0.39 is 0 Å². The minimum Gasteiger partial charge on any atom is -0.314 e. The Morgan fingerprint density at radius 2 is 0.970 bits per heavy atom. The molecule has 3 aliphatic heterocycles. The fourth-order valence-corrected chi connectivity index (χ4v) is 17.1. The van der Waals surface area contributed by atoms with Crippen LogP contribution >= 0.6 is 11.8 Å². The molecule has 0 aromatic heterocycles. The Morgan fingerprint density at radius 1 is 0.470 bits per heavy atom. The van der Waals surface area contributed by atoms with Crippen molar-refractivity contribution in [1.82, 2.24) is 0 Å². The zero-order valence-electron chi connectivity index (χ0n) is 44.4. The topological polar surface area (TPSA) is 6.48 Å². The van der Waals surface area contributed by atoms with Gasteiger partial charge in [0.25, 0.3) is 6.71 Å². The molecule has 7 aliphatic rings. The molecule has 11 rings (SSSR count). The maximum Gasteiger partial charge on any atom is 0.259 e. The summed E-state index contributed by atoms with van der Waals surface area (Å²) in [6, 6.07) is 23.5. The molecule has 0 saturated heterocycles. The Hall–Kier alpha value is -3.37. The highest BCUT2D eigenvalue weighted by molar-refractivity contribution is 8.06. The number of rotatable bonds is 2. The minimum atomic E-state index is 0.0939. The van der Waals surface area contributed by atoms with Gasteiger partial charge in [-0.2, -0.15) is 0 Å². The molecule has 1 fully saturated rings. The Kier molecular flexibility index (Phi) is 9.36. The van der Waals surface area contributed by atoms with Gasteiger partial charge in [0.05, 0.1) is 0 Å². The van der Waals surface area contributed by atoms with E-state index in [1.165, 1.54) is 113 Å². The summed E-state index contributed by atoms with van der Waals surface area (Å²) in [7, 11) is 0. The Balaban J connectivity index is 1.27. The molecule has 0 amide bonds. The number of hydrogen-bond acceptors (Lipinski definition) is 3. The van der Waals surface area contributed by atoms with Gasteiger partial charge in [0, 0.05) is 45.3 Å². The fraction of sp³-hybridized carbons (Fsp3) is 0.581. The highest BCUT2D eigenvalue weighted by atomic mass is 32.2. The van der Waals surface area contributed by atoms with Gasteiger partial charge in [0.2, 0.25) is 0 Å². The largest absolute Gasteiger partial charge is 0.314 e. The summed E-state index contributed by atoms with van der Waals surface area (Å²) in [5.74, 6) is 0.430. The van der Waals surface area contributed by atoms with Crippen LogP contribution in [-0.4, -0.2) is 12.0 Å². The van der Waals surface area contributed by atoms with Crippen LogP contribution in [0.2, 0.25) is 0 Å². The highest BCUT2D eigenvalue weighted by Gasteiger charge is 2.60. The van der Waals surface area contributed by atoms with Crippen LogP contribution in [0.3, 0.4) is 0 Å². The molecule has 0 radical (unpaired) electrons. The maximum atomic E-state index is 2.90. The van der Waals surface area contributed by atoms with Crippen LogP contribution in [0.1, 0.15) is 207 Å². The van der Waals surface area contributed by atoms with E-state index in [-0.39, 0.29) is 50.0 Å². The van der Waals surface area contributed by atoms with E-state index in [4.69, 9.17) is 0 Å². The molecule has 348 valence electrons. The number of aryl methyl sites for hydroxylation is 1. The predicted octanol–water partition coefficient (Wildman–Crippen LogP) is 16.2. The maximum absolute atomic E-state index is 2.90. The van der Waals surface area contributed by atoms with Crippen molar-refractivity contribution in [1.29, 1.82) is 0 Å². The first-order valence-electron chi connectivity index (χ1n) is 26.1. The first kappa shape index (κ1) is 45.1. The summed E-state index contributed by atoms with van der Waals surface area (Å²) >= 11 is 2.30. The van der Waals surface area contributed by atoms with E-state index in [1.807, 2.05) is 0 Å². The second-order valence-corrected chi connectivity index (χ2v) is 29.4. The van der Waals surface area contributed by atoms with Gasteiger partial charge in [-0.15, -0.1) is 11.8 Å². The molecular formula is C62H81BN2S. The summed E-state index contributed by atoms with van der Waals surface area (Å²) in [4.78, 5) is 7.30. The van der Waals surface area contributed by atoms with Crippen molar-refractivity contribution in [2.75, 3.05) is 9.80 Å². The zero-order valence-corrected chi connectivity index (χ0v) is 45.2. The van der Waals surface area contributed by atoms with E-state index >= 15 is 0 Å². The molecule has 0 spiro atoms.